The van der Waals surface area contributed by atoms with E-state index in [0.717, 1.165) is 0 Å². The first kappa shape index (κ1) is 15.6. The number of nitrogens with zero attached hydrogens (tertiary/aromatic N) is 1. The number of rotatable bonds is 4. The minimum atomic E-state index is -1.42. The van der Waals surface area contributed by atoms with Gasteiger partial charge in [0.2, 0.25) is 6.29 Å². The molecule has 1 fully saturated rings. The van der Waals surface area contributed by atoms with Gasteiger partial charge in [0.1, 0.15) is 24.1 Å². The van der Waals surface area contributed by atoms with Crippen molar-refractivity contribution in [3.05, 3.63) is 34.4 Å². The zero-order chi connectivity index (χ0) is 15.6. The summed E-state index contributed by atoms with van der Waals surface area (Å²) in [4.78, 5) is 10.0. The molecule has 5 unspecified atom stereocenters. The van der Waals surface area contributed by atoms with Gasteiger partial charge in [0.15, 0.2) is 0 Å². The monoisotopic (exact) mass is 299 g/mol. The van der Waals surface area contributed by atoms with E-state index >= 15 is 0 Å². The van der Waals surface area contributed by atoms with Crippen LogP contribution in [0.2, 0.25) is 0 Å². The van der Waals surface area contributed by atoms with Gasteiger partial charge in [0.25, 0.3) is 5.69 Å². The molecule has 2 rings (SSSR count). The van der Waals surface area contributed by atoms with Gasteiger partial charge in [-0.2, -0.15) is 0 Å². The molecular formula is C13H17NO7. The molecule has 1 aliphatic rings. The summed E-state index contributed by atoms with van der Waals surface area (Å²) in [6.07, 6.45) is -5.38. The Balaban J connectivity index is 2.08. The molecule has 1 aromatic carbocycles. The van der Waals surface area contributed by atoms with Gasteiger partial charge >= 0.3 is 0 Å². The molecule has 0 amide bonds. The summed E-state index contributed by atoms with van der Waals surface area (Å²) in [5.41, 5.74) is -0.0886. The van der Waals surface area contributed by atoms with Crippen LogP contribution in [0, 0.1) is 10.1 Å². The Morgan fingerprint density at radius 3 is 2.33 bits per heavy atom. The summed E-state index contributed by atoms with van der Waals surface area (Å²) in [5.74, 6) is 0.253. The Kier molecular flexibility index (Phi) is 4.73. The second-order valence-electron chi connectivity index (χ2n) is 4.79. The van der Waals surface area contributed by atoms with Crippen LogP contribution in [0.4, 0.5) is 5.69 Å². The smallest absolute Gasteiger partial charge is 0.269 e. The highest BCUT2D eigenvalue weighted by atomic mass is 16.7. The third-order valence-corrected chi connectivity index (χ3v) is 3.37. The van der Waals surface area contributed by atoms with Crippen LogP contribution in [0.1, 0.15) is 13.3 Å². The Labute approximate surface area is 120 Å². The van der Waals surface area contributed by atoms with Crippen LogP contribution in [0.3, 0.4) is 0 Å². The molecule has 116 valence electrons. The quantitative estimate of drug-likeness (QED) is 0.536. The standard InChI is InChI=1S/C13H17NO7/c1-2-9-10(15)11(16)12(17)13(21-9)20-8-5-3-7(4-6-8)14(18)19/h3-6,9-13,15-17H,2H2,1H3. The minimum absolute atomic E-state index is 0.0886. The summed E-state index contributed by atoms with van der Waals surface area (Å²) in [6, 6.07) is 5.25. The van der Waals surface area contributed by atoms with Crippen molar-refractivity contribution in [2.45, 2.75) is 44.1 Å². The molecule has 1 aliphatic heterocycles. The predicted molar refractivity (Wildman–Crippen MR) is 70.7 cm³/mol. The molecule has 8 heteroatoms. The Morgan fingerprint density at radius 2 is 1.81 bits per heavy atom. The zero-order valence-electron chi connectivity index (χ0n) is 11.3. The first-order valence-corrected chi connectivity index (χ1v) is 6.54. The third-order valence-electron chi connectivity index (χ3n) is 3.37. The predicted octanol–water partition coefficient (Wildman–Crippen LogP) is 0.191. The maximum absolute atomic E-state index is 10.6. The second-order valence-corrected chi connectivity index (χ2v) is 4.79. The molecule has 5 atom stereocenters. The molecule has 0 aromatic heterocycles. The molecule has 1 aromatic rings. The van der Waals surface area contributed by atoms with Crippen LogP contribution >= 0.6 is 0 Å². The van der Waals surface area contributed by atoms with Gasteiger partial charge in [-0.25, -0.2) is 0 Å². The van der Waals surface area contributed by atoms with Gasteiger partial charge in [-0.15, -0.1) is 0 Å². The van der Waals surface area contributed by atoms with Crippen molar-refractivity contribution in [2.75, 3.05) is 0 Å². The van der Waals surface area contributed by atoms with Crippen molar-refractivity contribution in [3.8, 4) is 5.75 Å². The number of nitro benzene ring substituents is 1. The lowest BCUT2D eigenvalue weighted by Crippen LogP contribution is -2.58. The number of non-ortho nitro benzene ring substituents is 1. The summed E-state index contributed by atoms with van der Waals surface area (Å²) >= 11 is 0. The summed E-state index contributed by atoms with van der Waals surface area (Å²) in [6.45, 7) is 1.77. The van der Waals surface area contributed by atoms with E-state index in [0.29, 0.717) is 6.42 Å². The van der Waals surface area contributed by atoms with Crippen LogP contribution in [-0.4, -0.2) is 50.9 Å². The van der Waals surface area contributed by atoms with E-state index in [2.05, 4.69) is 0 Å². The molecule has 0 radical (unpaired) electrons. The van der Waals surface area contributed by atoms with Gasteiger partial charge in [-0.05, 0) is 18.6 Å². The molecule has 1 saturated heterocycles. The summed E-state index contributed by atoms with van der Waals surface area (Å²) in [5, 5.41) is 39.9. The zero-order valence-corrected chi connectivity index (χ0v) is 11.3. The van der Waals surface area contributed by atoms with E-state index in [-0.39, 0.29) is 11.4 Å². The molecule has 1 heterocycles. The number of ether oxygens (including phenoxy) is 2. The average molecular weight is 299 g/mol. The third kappa shape index (κ3) is 3.30. The Morgan fingerprint density at radius 1 is 1.19 bits per heavy atom. The van der Waals surface area contributed by atoms with Gasteiger partial charge in [0, 0.05) is 12.1 Å². The van der Waals surface area contributed by atoms with Crippen LogP contribution < -0.4 is 4.74 Å². The largest absolute Gasteiger partial charge is 0.462 e. The van der Waals surface area contributed by atoms with Crippen molar-refractivity contribution in [3.63, 3.8) is 0 Å². The lowest BCUT2D eigenvalue weighted by molar-refractivity contribution is -0.384. The molecule has 0 aliphatic carbocycles. The van der Waals surface area contributed by atoms with E-state index in [9.17, 15) is 25.4 Å². The number of hydrogen-bond donors (Lipinski definition) is 3. The van der Waals surface area contributed by atoms with E-state index < -0.39 is 35.6 Å². The summed E-state index contributed by atoms with van der Waals surface area (Å²) < 4.78 is 10.8. The highest BCUT2D eigenvalue weighted by molar-refractivity contribution is 5.36. The molecule has 8 nitrogen and oxygen atoms in total. The number of aliphatic hydroxyl groups is 3. The topological polar surface area (TPSA) is 122 Å². The average Bonchev–Trinajstić information content (AvgIpc) is 2.48. The SMILES string of the molecule is CCC1OC(Oc2ccc([N+](=O)[O-])cc2)C(O)C(O)C1O. The number of benzene rings is 1. The lowest BCUT2D eigenvalue weighted by atomic mass is 9.97. The highest BCUT2D eigenvalue weighted by Gasteiger charge is 2.44. The fraction of sp³-hybridized carbons (Fsp3) is 0.538. The molecule has 0 spiro atoms. The van der Waals surface area contributed by atoms with E-state index in [4.69, 9.17) is 9.47 Å². The van der Waals surface area contributed by atoms with Gasteiger partial charge in [-0.3, -0.25) is 10.1 Å². The van der Waals surface area contributed by atoms with E-state index in [1.54, 1.807) is 6.92 Å². The maximum atomic E-state index is 10.6. The van der Waals surface area contributed by atoms with Crippen molar-refractivity contribution in [2.24, 2.45) is 0 Å². The van der Waals surface area contributed by atoms with Crippen molar-refractivity contribution in [1.82, 2.24) is 0 Å². The fourth-order valence-electron chi connectivity index (χ4n) is 2.13. The minimum Gasteiger partial charge on any atom is -0.462 e. The molecule has 3 N–H and O–H groups in total. The second kappa shape index (κ2) is 6.35. The van der Waals surface area contributed by atoms with Crippen LogP contribution in [0.5, 0.6) is 5.75 Å². The maximum Gasteiger partial charge on any atom is 0.269 e. The van der Waals surface area contributed by atoms with Gasteiger partial charge in [-0.1, -0.05) is 6.92 Å². The summed E-state index contributed by atoms with van der Waals surface area (Å²) in [7, 11) is 0. The molecule has 0 bridgehead atoms. The number of hydrogen-bond acceptors (Lipinski definition) is 7. The molecule has 0 saturated carbocycles. The van der Waals surface area contributed by atoms with Crippen molar-refractivity contribution < 1.29 is 29.7 Å². The molecular weight excluding hydrogens is 282 g/mol. The van der Waals surface area contributed by atoms with Crippen LogP contribution in [0.15, 0.2) is 24.3 Å². The molecule has 21 heavy (non-hydrogen) atoms. The van der Waals surface area contributed by atoms with E-state index in [1.807, 2.05) is 0 Å². The Hall–Kier alpha value is -1.74. The fourth-order valence-corrected chi connectivity index (χ4v) is 2.13. The van der Waals surface area contributed by atoms with Crippen LogP contribution in [0.25, 0.3) is 0 Å². The lowest BCUT2D eigenvalue weighted by Gasteiger charge is -2.39. The van der Waals surface area contributed by atoms with E-state index in [1.165, 1.54) is 24.3 Å². The van der Waals surface area contributed by atoms with Gasteiger partial charge in [0.05, 0.1) is 11.0 Å². The normalized spacial score (nSPS) is 32.7. The van der Waals surface area contributed by atoms with Crippen LogP contribution in [-0.2, 0) is 4.74 Å². The number of aliphatic hydroxyl groups excluding tert-OH is 3. The van der Waals surface area contributed by atoms with Gasteiger partial charge < -0.3 is 24.8 Å². The Bertz CT molecular complexity index is 490. The first-order chi connectivity index (χ1) is 9.93. The van der Waals surface area contributed by atoms with Crippen molar-refractivity contribution >= 4 is 5.69 Å². The van der Waals surface area contributed by atoms with Crippen molar-refractivity contribution in [1.29, 1.82) is 0 Å². The first-order valence-electron chi connectivity index (χ1n) is 6.54. The highest BCUT2D eigenvalue weighted by Crippen LogP contribution is 2.26. The number of nitro groups is 1.